The molecule has 90 valence electrons. The van der Waals surface area contributed by atoms with Crippen molar-refractivity contribution in [2.45, 2.75) is 6.92 Å². The summed E-state index contributed by atoms with van der Waals surface area (Å²) in [4.78, 5) is 0. The second-order valence-corrected chi connectivity index (χ2v) is 5.25. The van der Waals surface area contributed by atoms with Gasteiger partial charge in [-0.3, -0.25) is 0 Å². The standard InChI is InChI=1S/C9H15N3O3S/c1-5-15-8(2)9-6-10-12(7-9)16(13,14)11(3)4/h6-7H,2,5H2,1,3-4H3. The zero-order valence-electron chi connectivity index (χ0n) is 9.54. The maximum absolute atomic E-state index is 11.7. The molecule has 7 heteroatoms. The SMILES string of the molecule is C=C(OCC)c1cnn(S(=O)(=O)N(C)C)c1. The minimum Gasteiger partial charge on any atom is -0.494 e. The molecule has 0 aromatic carbocycles. The summed E-state index contributed by atoms with van der Waals surface area (Å²) in [7, 11) is -0.685. The van der Waals surface area contributed by atoms with Crippen molar-refractivity contribution in [1.29, 1.82) is 0 Å². The minimum absolute atomic E-state index is 0.405. The molecule has 1 heterocycles. The van der Waals surface area contributed by atoms with Crippen LogP contribution in [0, 0.1) is 0 Å². The number of nitrogens with zero attached hydrogens (tertiary/aromatic N) is 3. The van der Waals surface area contributed by atoms with E-state index in [2.05, 4.69) is 11.7 Å². The molecular weight excluding hydrogens is 230 g/mol. The molecule has 0 saturated carbocycles. The van der Waals surface area contributed by atoms with Crippen LogP contribution in [-0.2, 0) is 14.9 Å². The molecular formula is C9H15N3O3S. The number of ether oxygens (including phenoxy) is 1. The van der Waals surface area contributed by atoms with Crippen LogP contribution in [0.3, 0.4) is 0 Å². The Hall–Kier alpha value is -1.34. The van der Waals surface area contributed by atoms with Gasteiger partial charge in [-0.2, -0.15) is 21.9 Å². The summed E-state index contributed by atoms with van der Waals surface area (Å²) in [6, 6.07) is 0. The van der Waals surface area contributed by atoms with Crippen LogP contribution in [0.15, 0.2) is 19.0 Å². The predicted octanol–water partition coefficient (Wildman–Crippen LogP) is 0.545. The van der Waals surface area contributed by atoms with Gasteiger partial charge in [0.2, 0.25) is 0 Å². The molecule has 0 unspecified atom stereocenters. The highest BCUT2D eigenvalue weighted by Gasteiger charge is 2.18. The van der Waals surface area contributed by atoms with Crippen LogP contribution in [0.25, 0.3) is 5.76 Å². The van der Waals surface area contributed by atoms with Crippen molar-refractivity contribution in [2.24, 2.45) is 0 Å². The van der Waals surface area contributed by atoms with Crippen molar-refractivity contribution in [3.8, 4) is 0 Å². The molecule has 6 nitrogen and oxygen atoms in total. The van der Waals surface area contributed by atoms with E-state index in [1.165, 1.54) is 26.5 Å². The first kappa shape index (κ1) is 12.7. The van der Waals surface area contributed by atoms with E-state index in [-0.39, 0.29) is 0 Å². The van der Waals surface area contributed by atoms with Crippen LogP contribution in [0.4, 0.5) is 0 Å². The average molecular weight is 245 g/mol. The Morgan fingerprint density at radius 1 is 1.62 bits per heavy atom. The molecule has 0 bridgehead atoms. The predicted molar refractivity (Wildman–Crippen MR) is 60.9 cm³/mol. The Kier molecular flexibility index (Phi) is 3.71. The number of hydrogen-bond donors (Lipinski definition) is 0. The summed E-state index contributed by atoms with van der Waals surface area (Å²) in [6.07, 6.45) is 2.77. The quantitative estimate of drug-likeness (QED) is 0.710. The summed E-state index contributed by atoms with van der Waals surface area (Å²) >= 11 is 0. The van der Waals surface area contributed by atoms with E-state index in [0.717, 1.165) is 8.39 Å². The molecule has 0 aliphatic heterocycles. The Morgan fingerprint density at radius 2 is 2.25 bits per heavy atom. The minimum atomic E-state index is -3.56. The van der Waals surface area contributed by atoms with Crippen LogP contribution in [0.2, 0.25) is 0 Å². The van der Waals surface area contributed by atoms with Crippen LogP contribution in [-0.4, -0.2) is 42.6 Å². The first-order valence-electron chi connectivity index (χ1n) is 4.69. The van der Waals surface area contributed by atoms with Gasteiger partial charge in [0.25, 0.3) is 0 Å². The highest BCUT2D eigenvalue weighted by Crippen LogP contribution is 2.13. The monoisotopic (exact) mass is 245 g/mol. The van der Waals surface area contributed by atoms with Gasteiger partial charge in [0.15, 0.2) is 0 Å². The van der Waals surface area contributed by atoms with E-state index >= 15 is 0 Å². The average Bonchev–Trinajstić information content (AvgIpc) is 2.67. The summed E-state index contributed by atoms with van der Waals surface area (Å²) in [6.45, 7) is 5.97. The van der Waals surface area contributed by atoms with Crippen molar-refractivity contribution >= 4 is 16.0 Å². The Labute approximate surface area is 95.3 Å². The molecule has 0 saturated heterocycles. The summed E-state index contributed by atoms with van der Waals surface area (Å²) < 4.78 is 30.5. The molecule has 0 aliphatic rings. The first-order chi connectivity index (χ1) is 7.39. The largest absolute Gasteiger partial charge is 0.494 e. The Balaban J connectivity index is 3.00. The second kappa shape index (κ2) is 4.67. The van der Waals surface area contributed by atoms with E-state index in [0.29, 0.717) is 17.9 Å². The van der Waals surface area contributed by atoms with Crippen molar-refractivity contribution in [3.63, 3.8) is 0 Å². The molecule has 1 aromatic heterocycles. The van der Waals surface area contributed by atoms with Crippen LogP contribution >= 0.6 is 0 Å². The van der Waals surface area contributed by atoms with E-state index in [1.807, 2.05) is 6.92 Å². The number of hydrogen-bond acceptors (Lipinski definition) is 4. The van der Waals surface area contributed by atoms with Crippen LogP contribution < -0.4 is 0 Å². The molecule has 0 fully saturated rings. The number of rotatable bonds is 5. The van der Waals surface area contributed by atoms with Gasteiger partial charge >= 0.3 is 10.2 Å². The van der Waals surface area contributed by atoms with Gasteiger partial charge < -0.3 is 4.74 Å². The third-order valence-corrected chi connectivity index (χ3v) is 3.49. The third-order valence-electron chi connectivity index (χ3n) is 1.90. The molecule has 0 aliphatic carbocycles. The lowest BCUT2D eigenvalue weighted by molar-refractivity contribution is 0.299. The lowest BCUT2D eigenvalue weighted by Gasteiger charge is -2.10. The molecule has 1 aromatic rings. The van der Waals surface area contributed by atoms with Crippen molar-refractivity contribution in [3.05, 3.63) is 24.5 Å². The normalized spacial score (nSPS) is 11.8. The van der Waals surface area contributed by atoms with Gasteiger partial charge in [-0.1, -0.05) is 6.58 Å². The highest BCUT2D eigenvalue weighted by molar-refractivity contribution is 7.87. The molecule has 16 heavy (non-hydrogen) atoms. The van der Waals surface area contributed by atoms with E-state index in [1.54, 1.807) is 0 Å². The fourth-order valence-electron chi connectivity index (χ4n) is 1.000. The molecule has 1 rings (SSSR count). The van der Waals surface area contributed by atoms with E-state index < -0.39 is 10.2 Å². The van der Waals surface area contributed by atoms with Gasteiger partial charge in [0.05, 0.1) is 24.6 Å². The van der Waals surface area contributed by atoms with Gasteiger partial charge in [-0.05, 0) is 6.92 Å². The van der Waals surface area contributed by atoms with Crippen LogP contribution in [0.1, 0.15) is 12.5 Å². The molecule has 0 radical (unpaired) electrons. The summed E-state index contributed by atoms with van der Waals surface area (Å²) in [5, 5.41) is 3.76. The fraction of sp³-hybridized carbons (Fsp3) is 0.444. The van der Waals surface area contributed by atoms with Gasteiger partial charge in [-0.15, -0.1) is 0 Å². The molecule has 0 spiro atoms. The highest BCUT2D eigenvalue weighted by atomic mass is 32.2. The van der Waals surface area contributed by atoms with Crippen molar-refractivity contribution in [1.82, 2.24) is 13.5 Å². The Bertz CT molecular complexity index is 476. The molecule has 0 amide bonds. The van der Waals surface area contributed by atoms with Gasteiger partial charge in [0.1, 0.15) is 5.76 Å². The number of aromatic nitrogens is 2. The topological polar surface area (TPSA) is 64.4 Å². The fourth-order valence-corrected chi connectivity index (χ4v) is 1.75. The second-order valence-electron chi connectivity index (χ2n) is 3.25. The van der Waals surface area contributed by atoms with Gasteiger partial charge in [-0.25, -0.2) is 0 Å². The lowest BCUT2D eigenvalue weighted by atomic mass is 10.3. The third kappa shape index (κ3) is 2.42. The molecule has 0 atom stereocenters. The Morgan fingerprint density at radius 3 is 2.75 bits per heavy atom. The maximum atomic E-state index is 11.7. The van der Waals surface area contributed by atoms with Crippen molar-refractivity contribution < 1.29 is 13.2 Å². The smallest absolute Gasteiger partial charge is 0.322 e. The lowest BCUT2D eigenvalue weighted by Crippen LogP contribution is -2.29. The van der Waals surface area contributed by atoms with Gasteiger partial charge in [0, 0.05) is 14.1 Å². The summed E-state index contributed by atoms with van der Waals surface area (Å²) in [5.74, 6) is 0.405. The van der Waals surface area contributed by atoms with E-state index in [9.17, 15) is 8.42 Å². The van der Waals surface area contributed by atoms with E-state index in [4.69, 9.17) is 4.74 Å². The zero-order chi connectivity index (χ0) is 12.3. The summed E-state index contributed by atoms with van der Waals surface area (Å²) in [5.41, 5.74) is 0.548. The van der Waals surface area contributed by atoms with Crippen LogP contribution in [0.5, 0.6) is 0 Å². The molecule has 0 N–H and O–H groups in total. The zero-order valence-corrected chi connectivity index (χ0v) is 10.4. The maximum Gasteiger partial charge on any atom is 0.322 e. The van der Waals surface area contributed by atoms with Crippen molar-refractivity contribution in [2.75, 3.05) is 20.7 Å². The first-order valence-corrected chi connectivity index (χ1v) is 6.09.